The third-order valence-electron chi connectivity index (χ3n) is 2.69. The smallest absolute Gasteiger partial charge is 0.227 e. The molecule has 0 atom stereocenters. The largest absolute Gasteiger partial charge is 0.436 e. The normalized spacial score (nSPS) is 10.7. The van der Waals surface area contributed by atoms with Crippen molar-refractivity contribution in [3.63, 3.8) is 0 Å². The summed E-state index contributed by atoms with van der Waals surface area (Å²) in [5.41, 5.74) is 8.91. The zero-order valence-corrected chi connectivity index (χ0v) is 10.3. The molecule has 3 aromatic rings. The fourth-order valence-corrected chi connectivity index (χ4v) is 1.93. The number of nitrogens with zero attached hydrogens (tertiary/aromatic N) is 1. The van der Waals surface area contributed by atoms with E-state index < -0.39 is 0 Å². The summed E-state index contributed by atoms with van der Waals surface area (Å²) in [6, 6.07) is 15.2. The van der Waals surface area contributed by atoms with Gasteiger partial charge in [0.25, 0.3) is 0 Å². The van der Waals surface area contributed by atoms with E-state index >= 15 is 0 Å². The van der Waals surface area contributed by atoms with Crippen LogP contribution >= 0.6 is 12.2 Å². The Bertz CT molecular complexity index is 700. The molecule has 0 spiro atoms. The number of fused-ring (bicyclic) bond motifs is 1. The Hall–Kier alpha value is -2.20. The van der Waals surface area contributed by atoms with Crippen molar-refractivity contribution in [3.8, 4) is 11.5 Å². The van der Waals surface area contributed by atoms with E-state index in [0.717, 1.165) is 22.2 Å². The van der Waals surface area contributed by atoms with Crippen LogP contribution in [-0.4, -0.2) is 9.97 Å². The Morgan fingerprint density at radius 1 is 1.11 bits per heavy atom. The zero-order valence-electron chi connectivity index (χ0n) is 9.46. The maximum Gasteiger partial charge on any atom is 0.227 e. The highest BCUT2D eigenvalue weighted by Gasteiger charge is 2.08. The number of benzene rings is 2. The number of hydrogen-bond acceptors (Lipinski definition) is 3. The quantitative estimate of drug-likeness (QED) is 0.714. The van der Waals surface area contributed by atoms with Gasteiger partial charge in [0.05, 0.1) is 0 Å². The Morgan fingerprint density at radius 3 is 2.72 bits per heavy atom. The van der Waals surface area contributed by atoms with E-state index in [-0.39, 0.29) is 0 Å². The van der Waals surface area contributed by atoms with Gasteiger partial charge < -0.3 is 10.2 Å². The van der Waals surface area contributed by atoms with Crippen molar-refractivity contribution in [2.24, 2.45) is 5.73 Å². The van der Waals surface area contributed by atoms with Gasteiger partial charge in [-0.1, -0.05) is 36.5 Å². The molecule has 0 saturated carbocycles. The van der Waals surface area contributed by atoms with Crippen LogP contribution in [0.3, 0.4) is 0 Å². The van der Waals surface area contributed by atoms with Crippen molar-refractivity contribution < 1.29 is 4.42 Å². The van der Waals surface area contributed by atoms with Crippen molar-refractivity contribution in [2.45, 2.75) is 0 Å². The van der Waals surface area contributed by atoms with Crippen molar-refractivity contribution in [1.82, 2.24) is 4.98 Å². The molecule has 0 amide bonds. The van der Waals surface area contributed by atoms with E-state index in [9.17, 15) is 0 Å². The van der Waals surface area contributed by atoms with Crippen LogP contribution in [0.5, 0.6) is 0 Å². The summed E-state index contributed by atoms with van der Waals surface area (Å²) in [4.78, 5) is 4.80. The Morgan fingerprint density at radius 2 is 1.94 bits per heavy atom. The van der Waals surface area contributed by atoms with Crippen molar-refractivity contribution in [2.75, 3.05) is 0 Å². The molecule has 88 valence electrons. The standard InChI is InChI=1S/C14H10N2OS/c15-13(18)9-4-3-5-10(8-9)14-16-11-6-1-2-7-12(11)17-14/h1-8H,(H2,15,18). The molecule has 1 aromatic heterocycles. The van der Waals surface area contributed by atoms with Crippen LogP contribution in [0.25, 0.3) is 22.6 Å². The molecule has 0 bridgehead atoms. The maximum atomic E-state index is 5.69. The van der Waals surface area contributed by atoms with Gasteiger partial charge in [-0.25, -0.2) is 4.98 Å². The predicted octanol–water partition coefficient (Wildman–Crippen LogP) is 3.13. The molecular formula is C14H10N2OS. The van der Waals surface area contributed by atoms with Crippen LogP contribution in [0.1, 0.15) is 5.56 Å². The Balaban J connectivity index is 2.13. The second-order valence-electron chi connectivity index (χ2n) is 3.93. The first-order chi connectivity index (χ1) is 8.74. The van der Waals surface area contributed by atoms with Gasteiger partial charge in [-0.05, 0) is 24.3 Å². The average Bonchev–Trinajstić information content (AvgIpc) is 2.82. The van der Waals surface area contributed by atoms with Crippen LogP contribution in [0.4, 0.5) is 0 Å². The Labute approximate surface area is 109 Å². The lowest BCUT2D eigenvalue weighted by atomic mass is 10.1. The molecule has 0 fully saturated rings. The van der Waals surface area contributed by atoms with Gasteiger partial charge in [0.15, 0.2) is 5.58 Å². The topological polar surface area (TPSA) is 52.0 Å². The van der Waals surface area contributed by atoms with Gasteiger partial charge in [-0.3, -0.25) is 0 Å². The molecule has 1 heterocycles. The monoisotopic (exact) mass is 254 g/mol. The molecule has 3 rings (SSSR count). The molecule has 0 aliphatic heterocycles. The van der Waals surface area contributed by atoms with Crippen LogP contribution in [0, 0.1) is 0 Å². The lowest BCUT2D eigenvalue weighted by Crippen LogP contribution is -2.08. The van der Waals surface area contributed by atoms with Crippen LogP contribution < -0.4 is 5.73 Å². The number of aromatic nitrogens is 1. The maximum absolute atomic E-state index is 5.69. The van der Waals surface area contributed by atoms with Crippen LogP contribution in [-0.2, 0) is 0 Å². The Kier molecular flexibility index (Phi) is 2.57. The third-order valence-corrected chi connectivity index (χ3v) is 2.92. The molecular weight excluding hydrogens is 244 g/mol. The third kappa shape index (κ3) is 1.87. The second kappa shape index (κ2) is 4.23. The number of rotatable bonds is 2. The van der Waals surface area contributed by atoms with E-state index in [1.165, 1.54) is 0 Å². The summed E-state index contributed by atoms with van der Waals surface area (Å²) >= 11 is 4.96. The minimum Gasteiger partial charge on any atom is -0.436 e. The molecule has 0 aliphatic carbocycles. The number of hydrogen-bond donors (Lipinski definition) is 1. The second-order valence-corrected chi connectivity index (χ2v) is 4.37. The summed E-state index contributed by atoms with van der Waals surface area (Å²) in [6.07, 6.45) is 0. The highest BCUT2D eigenvalue weighted by Crippen LogP contribution is 2.24. The van der Waals surface area contributed by atoms with Crippen molar-refractivity contribution in [1.29, 1.82) is 0 Å². The average molecular weight is 254 g/mol. The van der Waals surface area contributed by atoms with E-state index in [2.05, 4.69) is 4.98 Å². The van der Waals surface area contributed by atoms with Crippen molar-refractivity contribution in [3.05, 3.63) is 54.1 Å². The van der Waals surface area contributed by atoms with Crippen LogP contribution in [0.2, 0.25) is 0 Å². The molecule has 0 aliphatic rings. The first-order valence-electron chi connectivity index (χ1n) is 5.50. The predicted molar refractivity (Wildman–Crippen MR) is 75.3 cm³/mol. The van der Waals surface area contributed by atoms with E-state index in [0.29, 0.717) is 10.9 Å². The molecule has 0 saturated heterocycles. The van der Waals surface area contributed by atoms with Gasteiger partial charge in [0, 0.05) is 11.1 Å². The number of nitrogens with two attached hydrogens (primary N) is 1. The fourth-order valence-electron chi connectivity index (χ4n) is 1.80. The van der Waals surface area contributed by atoms with Crippen molar-refractivity contribution >= 4 is 28.3 Å². The van der Waals surface area contributed by atoms with E-state index in [1.807, 2.05) is 48.5 Å². The van der Waals surface area contributed by atoms with Gasteiger partial charge in [0.1, 0.15) is 10.5 Å². The lowest BCUT2D eigenvalue weighted by Gasteiger charge is -1.99. The minimum atomic E-state index is 0.368. The number of thiocarbonyl (C=S) groups is 1. The summed E-state index contributed by atoms with van der Waals surface area (Å²) in [6.45, 7) is 0. The lowest BCUT2D eigenvalue weighted by molar-refractivity contribution is 0.620. The van der Waals surface area contributed by atoms with Gasteiger partial charge in [0.2, 0.25) is 5.89 Å². The van der Waals surface area contributed by atoms with Gasteiger partial charge in [-0.2, -0.15) is 0 Å². The van der Waals surface area contributed by atoms with E-state index in [1.54, 1.807) is 0 Å². The van der Waals surface area contributed by atoms with Gasteiger partial charge >= 0.3 is 0 Å². The zero-order chi connectivity index (χ0) is 12.5. The summed E-state index contributed by atoms with van der Waals surface area (Å²) < 4.78 is 5.69. The summed E-state index contributed by atoms with van der Waals surface area (Å²) in [5.74, 6) is 0.578. The molecule has 0 unspecified atom stereocenters. The first-order valence-corrected chi connectivity index (χ1v) is 5.91. The molecule has 2 N–H and O–H groups in total. The molecule has 18 heavy (non-hydrogen) atoms. The number of oxazole rings is 1. The molecule has 2 aromatic carbocycles. The first kappa shape index (κ1) is 10.9. The molecule has 3 nitrogen and oxygen atoms in total. The van der Waals surface area contributed by atoms with Gasteiger partial charge in [-0.15, -0.1) is 0 Å². The fraction of sp³-hybridized carbons (Fsp3) is 0. The SMILES string of the molecule is NC(=S)c1cccc(-c2nc3ccccc3o2)c1. The molecule has 0 radical (unpaired) electrons. The summed E-state index contributed by atoms with van der Waals surface area (Å²) in [7, 11) is 0. The number of para-hydroxylation sites is 2. The van der Waals surface area contributed by atoms with E-state index in [4.69, 9.17) is 22.4 Å². The van der Waals surface area contributed by atoms with Crippen LogP contribution in [0.15, 0.2) is 52.9 Å². The summed E-state index contributed by atoms with van der Waals surface area (Å²) in [5, 5.41) is 0. The highest BCUT2D eigenvalue weighted by molar-refractivity contribution is 7.80. The minimum absolute atomic E-state index is 0.368. The highest BCUT2D eigenvalue weighted by atomic mass is 32.1. The molecule has 4 heteroatoms.